The molecule has 0 aliphatic carbocycles. The van der Waals surface area contributed by atoms with E-state index >= 15 is 0 Å². The molecular formula is C28H30Cl2N6O. The number of piperidine rings is 1. The number of fused-ring (bicyclic) bond motifs is 1. The second-order valence-electron chi connectivity index (χ2n) is 10.2. The van der Waals surface area contributed by atoms with Gasteiger partial charge in [0, 0.05) is 53.7 Å². The number of ether oxygens (including phenoxy) is 1. The Kier molecular flexibility index (Phi) is 6.47. The highest BCUT2D eigenvalue weighted by Gasteiger charge is 2.41. The lowest BCUT2D eigenvalue weighted by molar-refractivity contribution is 0.137. The summed E-state index contributed by atoms with van der Waals surface area (Å²) >= 11 is 12.7. The summed E-state index contributed by atoms with van der Waals surface area (Å²) in [5, 5.41) is 9.64. The van der Waals surface area contributed by atoms with Gasteiger partial charge < -0.3 is 14.5 Å². The number of halogens is 2. The fourth-order valence-corrected chi connectivity index (χ4v) is 6.60. The summed E-state index contributed by atoms with van der Waals surface area (Å²) in [5.41, 5.74) is 3.85. The first-order chi connectivity index (χ1) is 17.9. The number of nitrogens with one attached hydrogen (secondary N) is 1. The molecule has 7 nitrogen and oxygen atoms in total. The molecule has 2 fully saturated rings. The third kappa shape index (κ3) is 4.54. The number of H-pyrrole nitrogens is 1. The van der Waals surface area contributed by atoms with Crippen molar-refractivity contribution in [1.82, 2.24) is 25.1 Å². The topological polar surface area (TPSA) is 70.2 Å². The largest absolute Gasteiger partial charge is 0.486 e. The van der Waals surface area contributed by atoms with E-state index in [2.05, 4.69) is 44.2 Å². The van der Waals surface area contributed by atoms with Gasteiger partial charge in [0.2, 0.25) is 0 Å². The third-order valence-corrected chi connectivity index (χ3v) is 8.73. The lowest BCUT2D eigenvalue weighted by Crippen LogP contribution is -2.50. The monoisotopic (exact) mass is 536 g/mol. The average Bonchev–Trinajstić information content (AvgIpc) is 3.48. The summed E-state index contributed by atoms with van der Waals surface area (Å²) in [6.45, 7) is 5.24. The predicted molar refractivity (Wildman–Crippen MR) is 149 cm³/mol. The van der Waals surface area contributed by atoms with Crippen molar-refractivity contribution in [2.24, 2.45) is 0 Å². The van der Waals surface area contributed by atoms with Gasteiger partial charge >= 0.3 is 0 Å². The van der Waals surface area contributed by atoms with Crippen LogP contribution in [-0.4, -0.2) is 57.3 Å². The Hall–Kier alpha value is -2.87. The van der Waals surface area contributed by atoms with Crippen LogP contribution in [-0.2, 0) is 0 Å². The van der Waals surface area contributed by atoms with Gasteiger partial charge in [-0.1, -0.05) is 23.2 Å². The molecule has 1 spiro atoms. The molecule has 0 saturated carbocycles. The van der Waals surface area contributed by atoms with Crippen molar-refractivity contribution in [3.63, 3.8) is 0 Å². The highest BCUT2D eigenvalue weighted by Crippen LogP contribution is 2.39. The van der Waals surface area contributed by atoms with Crippen molar-refractivity contribution in [3.05, 3.63) is 64.5 Å². The SMILES string of the molecule is C[C@@H](Oc1ccc2[nH]nc(-c3ccc(N4CCC5(CCCN5C)CC4)nc3)c2c1)c1c(Cl)cncc1Cl. The average molecular weight is 537 g/mol. The minimum Gasteiger partial charge on any atom is -0.486 e. The Balaban J connectivity index is 1.20. The van der Waals surface area contributed by atoms with Crippen LogP contribution in [0, 0.1) is 0 Å². The summed E-state index contributed by atoms with van der Waals surface area (Å²) in [7, 11) is 2.28. The summed E-state index contributed by atoms with van der Waals surface area (Å²) in [6, 6.07) is 10.1. The molecule has 192 valence electrons. The van der Waals surface area contributed by atoms with Crippen LogP contribution in [0.3, 0.4) is 0 Å². The molecule has 2 aliphatic rings. The standard InChI is InChI=1S/C28H30Cl2N6O/c1-18(26-22(29)16-31-17-23(26)30)37-20-5-6-24-21(14-20)27(34-33-24)19-4-7-25(32-15-19)36-12-9-28(10-13-36)8-3-11-35(28)2/h4-7,14-18H,3,8-13H2,1-2H3,(H,33,34)/t18-/m1/s1. The van der Waals surface area contributed by atoms with Gasteiger partial charge in [0.1, 0.15) is 23.4 Å². The fourth-order valence-electron chi connectivity index (χ4n) is 5.93. The quantitative estimate of drug-likeness (QED) is 0.312. The molecule has 0 bridgehead atoms. The predicted octanol–water partition coefficient (Wildman–Crippen LogP) is 6.53. The molecule has 0 radical (unpaired) electrons. The number of nitrogens with zero attached hydrogens (tertiary/aromatic N) is 5. The Bertz CT molecular complexity index is 1390. The molecule has 2 saturated heterocycles. The van der Waals surface area contributed by atoms with Crippen LogP contribution in [0.4, 0.5) is 5.82 Å². The first kappa shape index (κ1) is 24.5. The van der Waals surface area contributed by atoms with Crippen LogP contribution in [0.25, 0.3) is 22.2 Å². The summed E-state index contributed by atoms with van der Waals surface area (Å²) in [4.78, 5) is 13.8. The second kappa shape index (κ2) is 9.78. The van der Waals surface area contributed by atoms with E-state index in [1.807, 2.05) is 31.3 Å². The highest BCUT2D eigenvalue weighted by molar-refractivity contribution is 6.35. The number of hydrogen-bond acceptors (Lipinski definition) is 6. The Labute approximate surface area is 226 Å². The minimum absolute atomic E-state index is 0.343. The van der Waals surface area contributed by atoms with E-state index in [4.69, 9.17) is 32.9 Å². The van der Waals surface area contributed by atoms with Gasteiger partial charge in [-0.25, -0.2) is 4.98 Å². The number of anilines is 1. The van der Waals surface area contributed by atoms with E-state index in [1.54, 1.807) is 12.4 Å². The molecule has 1 atom stereocenters. The number of aromatic amines is 1. The molecule has 5 heterocycles. The maximum absolute atomic E-state index is 6.33. The number of hydrogen-bond donors (Lipinski definition) is 1. The molecule has 9 heteroatoms. The van der Waals surface area contributed by atoms with Crippen molar-refractivity contribution in [2.75, 3.05) is 31.6 Å². The van der Waals surface area contributed by atoms with Crippen LogP contribution in [0.5, 0.6) is 5.75 Å². The van der Waals surface area contributed by atoms with Gasteiger partial charge in [-0.2, -0.15) is 5.10 Å². The Morgan fingerprint density at radius 1 is 1.00 bits per heavy atom. The number of benzene rings is 1. The van der Waals surface area contributed by atoms with Gasteiger partial charge in [0.05, 0.1) is 15.6 Å². The van der Waals surface area contributed by atoms with Crippen LogP contribution < -0.4 is 9.64 Å². The summed E-state index contributed by atoms with van der Waals surface area (Å²) in [5.74, 6) is 1.73. The second-order valence-corrected chi connectivity index (χ2v) is 11.0. The molecule has 1 N–H and O–H groups in total. The van der Waals surface area contributed by atoms with Crippen molar-refractivity contribution < 1.29 is 4.74 Å². The summed E-state index contributed by atoms with van der Waals surface area (Å²) < 4.78 is 6.21. The zero-order chi connectivity index (χ0) is 25.6. The first-order valence-corrected chi connectivity index (χ1v) is 13.6. The lowest BCUT2D eigenvalue weighted by Gasteiger charge is -2.44. The fraction of sp³-hybridized carbons (Fsp3) is 0.393. The van der Waals surface area contributed by atoms with E-state index < -0.39 is 0 Å². The number of aromatic nitrogens is 4. The van der Waals surface area contributed by atoms with Crippen molar-refractivity contribution >= 4 is 39.9 Å². The van der Waals surface area contributed by atoms with Gasteiger partial charge in [0.25, 0.3) is 0 Å². The van der Waals surface area contributed by atoms with Crippen molar-refractivity contribution in [2.45, 2.75) is 44.2 Å². The molecule has 6 rings (SSSR count). The molecule has 2 aliphatic heterocycles. The van der Waals surface area contributed by atoms with Crippen LogP contribution >= 0.6 is 23.2 Å². The zero-order valence-electron chi connectivity index (χ0n) is 21.0. The zero-order valence-corrected chi connectivity index (χ0v) is 22.6. The van der Waals surface area contributed by atoms with Crippen LogP contribution in [0.1, 0.15) is 44.3 Å². The van der Waals surface area contributed by atoms with Crippen molar-refractivity contribution in [3.8, 4) is 17.0 Å². The molecule has 0 amide bonds. The molecule has 1 aromatic carbocycles. The van der Waals surface area contributed by atoms with Crippen molar-refractivity contribution in [1.29, 1.82) is 0 Å². The maximum Gasteiger partial charge on any atom is 0.128 e. The highest BCUT2D eigenvalue weighted by atomic mass is 35.5. The van der Waals surface area contributed by atoms with E-state index in [0.29, 0.717) is 26.9 Å². The van der Waals surface area contributed by atoms with E-state index in [9.17, 15) is 0 Å². The number of pyridine rings is 2. The molecule has 37 heavy (non-hydrogen) atoms. The van der Waals surface area contributed by atoms with Gasteiger partial charge in [0.15, 0.2) is 0 Å². The van der Waals surface area contributed by atoms with Gasteiger partial charge in [-0.05, 0) is 76.5 Å². The molecule has 0 unspecified atom stereocenters. The molecule has 4 aromatic rings. The number of rotatable bonds is 5. The molecule has 3 aromatic heterocycles. The third-order valence-electron chi connectivity index (χ3n) is 8.13. The van der Waals surface area contributed by atoms with E-state index in [1.165, 1.54) is 32.2 Å². The van der Waals surface area contributed by atoms with Gasteiger partial charge in [-0.15, -0.1) is 0 Å². The lowest BCUT2D eigenvalue weighted by atomic mass is 9.85. The maximum atomic E-state index is 6.33. The number of likely N-dealkylation sites (tertiary alicyclic amines) is 1. The van der Waals surface area contributed by atoms with E-state index in [-0.39, 0.29) is 6.10 Å². The Morgan fingerprint density at radius 3 is 2.46 bits per heavy atom. The normalized spacial score (nSPS) is 18.5. The smallest absolute Gasteiger partial charge is 0.128 e. The Morgan fingerprint density at radius 2 is 1.78 bits per heavy atom. The minimum atomic E-state index is -0.343. The molecular weight excluding hydrogens is 507 g/mol. The van der Waals surface area contributed by atoms with Crippen LogP contribution in [0.2, 0.25) is 10.0 Å². The van der Waals surface area contributed by atoms with E-state index in [0.717, 1.165) is 41.1 Å². The van der Waals surface area contributed by atoms with Gasteiger partial charge in [-0.3, -0.25) is 10.1 Å². The first-order valence-electron chi connectivity index (χ1n) is 12.8. The summed E-state index contributed by atoms with van der Waals surface area (Å²) in [6.07, 6.45) is 9.77. The van der Waals surface area contributed by atoms with Crippen LogP contribution in [0.15, 0.2) is 48.9 Å².